The Balaban J connectivity index is 2.87. The molecule has 0 amide bonds. The van der Waals surface area contributed by atoms with Crippen molar-refractivity contribution >= 4 is 37.3 Å². The summed E-state index contributed by atoms with van der Waals surface area (Å²) in [5, 5.41) is 6.18. The van der Waals surface area contributed by atoms with Crippen molar-refractivity contribution in [2.45, 2.75) is 16.7 Å². The highest BCUT2D eigenvalue weighted by Crippen LogP contribution is 2.40. The molecule has 8 heteroatoms. The van der Waals surface area contributed by atoms with Crippen molar-refractivity contribution in [1.82, 2.24) is 0 Å². The van der Waals surface area contributed by atoms with Crippen molar-refractivity contribution in [3.05, 3.63) is 15.2 Å². The van der Waals surface area contributed by atoms with Gasteiger partial charge < -0.3 is 0 Å². The van der Waals surface area contributed by atoms with Crippen LogP contribution in [0.3, 0.4) is 0 Å². The summed E-state index contributed by atoms with van der Waals surface area (Å²) in [6.45, 7) is 1.43. The highest BCUT2D eigenvalue weighted by molar-refractivity contribution is 7.97. The maximum absolute atomic E-state index is 11.7. The molecule has 0 saturated carbocycles. The van der Waals surface area contributed by atoms with Crippen molar-refractivity contribution in [3.63, 3.8) is 0 Å². The van der Waals surface area contributed by atoms with E-state index in [0.29, 0.717) is 4.88 Å². The molecule has 0 radical (unpaired) electrons. The Labute approximate surface area is 91.2 Å². The van der Waals surface area contributed by atoms with Crippen molar-refractivity contribution in [3.8, 4) is 0 Å². The number of hydrogen-bond acceptors (Lipinski definition) is 5. The molecule has 15 heavy (non-hydrogen) atoms. The summed E-state index contributed by atoms with van der Waals surface area (Å²) < 4.78 is 45.8. The van der Waals surface area contributed by atoms with Gasteiger partial charge in [0, 0.05) is 15.2 Å². The average Bonchev–Trinajstić information content (AvgIpc) is 2.54. The summed E-state index contributed by atoms with van der Waals surface area (Å²) in [6.07, 6.45) is 1.45. The molecule has 1 aliphatic heterocycles. The van der Waals surface area contributed by atoms with E-state index in [9.17, 15) is 16.8 Å². The van der Waals surface area contributed by atoms with Crippen LogP contribution in [-0.4, -0.2) is 16.8 Å². The SMILES string of the molecule is CC1=Cc2scc(S(N)(=O)=O)c2S1(=O)=O. The van der Waals surface area contributed by atoms with Crippen molar-refractivity contribution < 1.29 is 16.8 Å². The van der Waals surface area contributed by atoms with Gasteiger partial charge in [-0.25, -0.2) is 22.0 Å². The van der Waals surface area contributed by atoms with Gasteiger partial charge in [-0.3, -0.25) is 0 Å². The number of rotatable bonds is 1. The Kier molecular flexibility index (Phi) is 2.10. The van der Waals surface area contributed by atoms with Gasteiger partial charge in [-0.1, -0.05) is 0 Å². The molecule has 5 nitrogen and oxygen atoms in total. The lowest BCUT2D eigenvalue weighted by atomic mass is 10.4. The third-order valence-electron chi connectivity index (χ3n) is 2.07. The number of allylic oxidation sites excluding steroid dienone is 1. The molecular weight excluding hydrogens is 258 g/mol. The van der Waals surface area contributed by atoms with E-state index in [4.69, 9.17) is 5.14 Å². The molecule has 0 aliphatic carbocycles. The van der Waals surface area contributed by atoms with E-state index >= 15 is 0 Å². The van der Waals surface area contributed by atoms with Crippen LogP contribution in [-0.2, 0) is 19.9 Å². The molecule has 1 aromatic rings. The van der Waals surface area contributed by atoms with Crippen molar-refractivity contribution in [1.29, 1.82) is 0 Å². The maximum Gasteiger partial charge on any atom is 0.240 e. The molecule has 82 valence electrons. The average molecular weight is 265 g/mol. The third-order valence-corrected chi connectivity index (χ3v) is 6.29. The predicted molar refractivity (Wildman–Crippen MR) is 56.5 cm³/mol. The van der Waals surface area contributed by atoms with E-state index in [1.165, 1.54) is 18.4 Å². The second-order valence-corrected chi connectivity index (χ2v) is 7.60. The molecule has 0 saturated heterocycles. The van der Waals surface area contributed by atoms with Gasteiger partial charge in [0.2, 0.25) is 19.9 Å². The number of thiophene rings is 1. The quantitative estimate of drug-likeness (QED) is 0.802. The van der Waals surface area contributed by atoms with E-state index in [1.54, 1.807) is 0 Å². The Morgan fingerprint density at radius 2 is 2.00 bits per heavy atom. The van der Waals surface area contributed by atoms with Crippen LogP contribution in [0.5, 0.6) is 0 Å². The third kappa shape index (κ3) is 1.44. The first kappa shape index (κ1) is 10.8. The van der Waals surface area contributed by atoms with Gasteiger partial charge in [-0.2, -0.15) is 0 Å². The molecule has 0 aromatic carbocycles. The normalized spacial score (nSPS) is 18.7. The van der Waals surface area contributed by atoms with Gasteiger partial charge in [0.1, 0.15) is 9.79 Å². The lowest BCUT2D eigenvalue weighted by molar-refractivity contribution is 0.588. The number of fused-ring (bicyclic) bond motifs is 1. The molecule has 0 spiro atoms. The lowest BCUT2D eigenvalue weighted by Gasteiger charge is -1.99. The van der Waals surface area contributed by atoms with Crippen molar-refractivity contribution in [2.75, 3.05) is 0 Å². The molecule has 0 unspecified atom stereocenters. The van der Waals surface area contributed by atoms with E-state index in [2.05, 4.69) is 0 Å². The highest BCUT2D eigenvalue weighted by Gasteiger charge is 2.34. The first-order valence-electron chi connectivity index (χ1n) is 3.82. The molecule has 2 rings (SSSR count). The van der Waals surface area contributed by atoms with E-state index in [-0.39, 0.29) is 14.7 Å². The van der Waals surface area contributed by atoms with Gasteiger partial charge in [0.05, 0.1) is 0 Å². The fourth-order valence-electron chi connectivity index (χ4n) is 1.33. The monoisotopic (exact) mass is 265 g/mol. The molecule has 1 aromatic heterocycles. The van der Waals surface area contributed by atoms with Crippen LogP contribution in [0.25, 0.3) is 6.08 Å². The van der Waals surface area contributed by atoms with Crippen LogP contribution in [0.1, 0.15) is 11.8 Å². The number of primary sulfonamides is 1. The Morgan fingerprint density at radius 3 is 2.53 bits per heavy atom. The van der Waals surface area contributed by atoms with Crippen LogP contribution in [0.2, 0.25) is 0 Å². The second kappa shape index (κ2) is 2.91. The number of sulfone groups is 1. The molecule has 0 bridgehead atoms. The predicted octanol–water partition coefficient (Wildman–Crippen LogP) is 0.544. The van der Waals surface area contributed by atoms with Crippen LogP contribution >= 0.6 is 11.3 Å². The minimum absolute atomic E-state index is 0.147. The number of sulfonamides is 1. The van der Waals surface area contributed by atoms with Gasteiger partial charge >= 0.3 is 0 Å². The first-order valence-corrected chi connectivity index (χ1v) is 7.73. The minimum Gasteiger partial charge on any atom is -0.225 e. The summed E-state index contributed by atoms with van der Waals surface area (Å²) in [5.41, 5.74) is 0. The Bertz CT molecular complexity index is 663. The molecular formula is C7H7NO4S3. The number of hydrogen-bond donors (Lipinski definition) is 1. The molecule has 2 heterocycles. The fourth-order valence-corrected chi connectivity index (χ4v) is 5.80. The summed E-state index contributed by atoms with van der Waals surface area (Å²) in [7, 11) is -7.62. The summed E-state index contributed by atoms with van der Waals surface area (Å²) in [5.74, 6) is 0. The minimum atomic E-state index is -3.98. The van der Waals surface area contributed by atoms with E-state index in [0.717, 1.165) is 11.3 Å². The Hall–Kier alpha value is -0.700. The second-order valence-electron chi connectivity index (χ2n) is 3.10. The summed E-state index contributed by atoms with van der Waals surface area (Å²) in [6, 6.07) is 0. The number of nitrogens with two attached hydrogens (primary N) is 1. The maximum atomic E-state index is 11.7. The van der Waals surface area contributed by atoms with Crippen LogP contribution in [0.15, 0.2) is 20.1 Å². The first-order chi connectivity index (χ1) is 6.74. The molecule has 0 fully saturated rings. The molecule has 1 aliphatic rings. The van der Waals surface area contributed by atoms with E-state index < -0.39 is 19.9 Å². The topological polar surface area (TPSA) is 94.3 Å². The standard InChI is InChI=1S/C7H7NO4S3/c1-4-2-5-7(14(4,9)10)6(3-13-5)15(8,11)12/h2-3H,1H3,(H2,8,11,12). The largest absolute Gasteiger partial charge is 0.240 e. The van der Waals surface area contributed by atoms with Gasteiger partial charge in [0.25, 0.3) is 0 Å². The van der Waals surface area contributed by atoms with Gasteiger partial charge in [0.15, 0.2) is 0 Å². The van der Waals surface area contributed by atoms with Crippen LogP contribution in [0.4, 0.5) is 0 Å². The fraction of sp³-hybridized carbons (Fsp3) is 0.143. The van der Waals surface area contributed by atoms with Gasteiger partial charge in [-0.15, -0.1) is 11.3 Å². The van der Waals surface area contributed by atoms with Gasteiger partial charge in [-0.05, 0) is 13.0 Å². The molecule has 0 atom stereocenters. The summed E-state index contributed by atoms with van der Waals surface area (Å²) >= 11 is 1.06. The molecule has 2 N–H and O–H groups in total. The summed E-state index contributed by atoms with van der Waals surface area (Å²) in [4.78, 5) is 0.0916. The Morgan fingerprint density at radius 1 is 1.40 bits per heavy atom. The van der Waals surface area contributed by atoms with Crippen LogP contribution < -0.4 is 5.14 Å². The zero-order chi connectivity index (χ0) is 11.4. The van der Waals surface area contributed by atoms with Crippen molar-refractivity contribution in [2.24, 2.45) is 5.14 Å². The van der Waals surface area contributed by atoms with E-state index in [1.807, 2.05) is 0 Å². The lowest BCUT2D eigenvalue weighted by Crippen LogP contribution is -2.14. The zero-order valence-corrected chi connectivity index (χ0v) is 10.0. The van der Waals surface area contributed by atoms with Crippen LogP contribution in [0, 0.1) is 0 Å². The smallest absolute Gasteiger partial charge is 0.225 e. The highest BCUT2D eigenvalue weighted by atomic mass is 32.2. The zero-order valence-electron chi connectivity index (χ0n) is 7.59.